The molecule has 2 aromatic rings. The first-order chi connectivity index (χ1) is 13.0. The van der Waals surface area contributed by atoms with Crippen LogP contribution >= 0.6 is 7.60 Å². The molecule has 7 heteroatoms. The van der Waals surface area contributed by atoms with Crippen molar-refractivity contribution < 1.29 is 23.5 Å². The molecule has 0 amide bonds. The predicted octanol–water partition coefficient (Wildman–Crippen LogP) is 4.16. The van der Waals surface area contributed by atoms with Gasteiger partial charge in [-0.15, -0.1) is 0 Å². The second-order valence-corrected chi connectivity index (χ2v) is 8.50. The standard InChI is InChI=1S/C20H26NO5P/c1-25-27(24,26-2)15-21-19(12-13-20(22)23)14-16-8-10-18(11-9-16)17-6-4-3-5-7-17/h3-11,19,21H,12-15H2,1-2H3,(H,22,23)/t19-/m0/s1. The summed E-state index contributed by atoms with van der Waals surface area (Å²) in [5.41, 5.74) is 3.34. The topological polar surface area (TPSA) is 84.9 Å². The highest BCUT2D eigenvalue weighted by atomic mass is 31.2. The molecular weight excluding hydrogens is 365 g/mol. The van der Waals surface area contributed by atoms with E-state index in [0.29, 0.717) is 12.8 Å². The van der Waals surface area contributed by atoms with Crippen molar-refractivity contribution in [3.63, 3.8) is 0 Å². The maximum atomic E-state index is 12.2. The Labute approximate surface area is 160 Å². The van der Waals surface area contributed by atoms with Crippen molar-refractivity contribution >= 4 is 13.6 Å². The molecule has 0 unspecified atom stereocenters. The van der Waals surface area contributed by atoms with Gasteiger partial charge in [-0.05, 0) is 29.5 Å². The monoisotopic (exact) mass is 391 g/mol. The second-order valence-electron chi connectivity index (χ2n) is 6.23. The molecule has 0 fully saturated rings. The van der Waals surface area contributed by atoms with Gasteiger partial charge < -0.3 is 19.5 Å². The molecule has 2 aromatic carbocycles. The highest BCUT2D eigenvalue weighted by Crippen LogP contribution is 2.45. The zero-order valence-corrected chi connectivity index (χ0v) is 16.5. The molecule has 0 aromatic heterocycles. The number of hydrogen-bond acceptors (Lipinski definition) is 5. The van der Waals surface area contributed by atoms with Crippen LogP contribution in [0.15, 0.2) is 54.6 Å². The Hall–Kier alpha value is -1.98. The summed E-state index contributed by atoms with van der Waals surface area (Å²) in [6.45, 7) is 0. The van der Waals surface area contributed by atoms with Crippen LogP contribution in [0.5, 0.6) is 0 Å². The van der Waals surface area contributed by atoms with Crippen molar-refractivity contribution in [3.8, 4) is 11.1 Å². The van der Waals surface area contributed by atoms with E-state index in [1.54, 1.807) is 0 Å². The molecule has 0 aliphatic rings. The van der Waals surface area contributed by atoms with Crippen molar-refractivity contribution in [1.29, 1.82) is 0 Å². The summed E-state index contributed by atoms with van der Waals surface area (Å²) in [7, 11) is -0.526. The number of rotatable bonds is 11. The van der Waals surface area contributed by atoms with Crippen LogP contribution in [0.25, 0.3) is 11.1 Å². The maximum absolute atomic E-state index is 12.2. The third-order valence-electron chi connectivity index (χ3n) is 4.38. The van der Waals surface area contributed by atoms with Gasteiger partial charge in [-0.3, -0.25) is 9.36 Å². The van der Waals surface area contributed by atoms with Gasteiger partial charge in [-0.2, -0.15) is 0 Å². The Balaban J connectivity index is 2.05. The lowest BCUT2D eigenvalue weighted by atomic mass is 9.99. The Kier molecular flexibility index (Phi) is 8.20. The fourth-order valence-corrected chi connectivity index (χ4v) is 3.66. The van der Waals surface area contributed by atoms with Crippen molar-refractivity contribution in [1.82, 2.24) is 5.32 Å². The molecule has 0 saturated carbocycles. The van der Waals surface area contributed by atoms with E-state index in [0.717, 1.165) is 16.7 Å². The van der Waals surface area contributed by atoms with Crippen molar-refractivity contribution in [3.05, 3.63) is 60.2 Å². The summed E-state index contributed by atoms with van der Waals surface area (Å²) < 4.78 is 22.1. The molecule has 0 saturated heterocycles. The maximum Gasteiger partial charge on any atom is 0.343 e. The summed E-state index contributed by atoms with van der Waals surface area (Å²) >= 11 is 0. The van der Waals surface area contributed by atoms with Crippen LogP contribution < -0.4 is 5.32 Å². The Bertz CT molecular complexity index is 756. The fraction of sp³-hybridized carbons (Fsp3) is 0.350. The van der Waals surface area contributed by atoms with Gasteiger partial charge in [0, 0.05) is 26.7 Å². The molecule has 0 heterocycles. The zero-order chi connectivity index (χ0) is 19.7. The van der Waals surface area contributed by atoms with Crippen LogP contribution in [-0.2, 0) is 24.8 Å². The number of carboxylic acid groups (broad SMARTS) is 1. The van der Waals surface area contributed by atoms with E-state index in [4.69, 9.17) is 14.2 Å². The number of benzene rings is 2. The first-order valence-electron chi connectivity index (χ1n) is 8.76. The van der Waals surface area contributed by atoms with E-state index < -0.39 is 13.6 Å². The van der Waals surface area contributed by atoms with Crippen LogP contribution in [0.2, 0.25) is 0 Å². The smallest absolute Gasteiger partial charge is 0.343 e. The zero-order valence-electron chi connectivity index (χ0n) is 15.6. The summed E-state index contributed by atoms with van der Waals surface area (Å²) in [5.74, 6) is -0.858. The molecule has 27 heavy (non-hydrogen) atoms. The Morgan fingerprint density at radius 1 is 1.04 bits per heavy atom. The highest BCUT2D eigenvalue weighted by Gasteiger charge is 2.23. The number of aliphatic carboxylic acids is 1. The minimum absolute atomic E-state index is 0.0318. The van der Waals surface area contributed by atoms with Crippen LogP contribution in [0.3, 0.4) is 0 Å². The minimum Gasteiger partial charge on any atom is -0.481 e. The van der Waals surface area contributed by atoms with E-state index in [2.05, 4.69) is 17.4 Å². The van der Waals surface area contributed by atoms with E-state index in [-0.39, 0.29) is 18.7 Å². The quantitative estimate of drug-likeness (QED) is 0.560. The van der Waals surface area contributed by atoms with E-state index in [9.17, 15) is 9.36 Å². The summed E-state index contributed by atoms with van der Waals surface area (Å²) in [5, 5.41) is 12.1. The van der Waals surface area contributed by atoms with Gasteiger partial charge in [0.15, 0.2) is 0 Å². The van der Waals surface area contributed by atoms with E-state index >= 15 is 0 Å². The SMILES string of the molecule is COP(=O)(CN[C@@H](CCC(=O)O)Cc1ccc(-c2ccccc2)cc1)OC. The molecule has 0 aliphatic carbocycles. The number of carboxylic acids is 1. The first kappa shape index (κ1) is 21.3. The second kappa shape index (κ2) is 10.4. The molecular formula is C20H26NO5P. The van der Waals surface area contributed by atoms with Gasteiger partial charge in [-0.25, -0.2) is 0 Å². The van der Waals surface area contributed by atoms with Crippen LogP contribution in [-0.4, -0.2) is 37.6 Å². The van der Waals surface area contributed by atoms with Crippen molar-refractivity contribution in [2.45, 2.75) is 25.3 Å². The average molecular weight is 391 g/mol. The van der Waals surface area contributed by atoms with Crippen LogP contribution in [0.1, 0.15) is 18.4 Å². The third-order valence-corrected chi connectivity index (χ3v) is 6.06. The fourth-order valence-electron chi connectivity index (χ4n) is 2.77. The molecule has 0 bridgehead atoms. The molecule has 0 aliphatic heterocycles. The molecule has 6 nitrogen and oxygen atoms in total. The normalized spacial score (nSPS) is 12.7. The molecule has 1 atom stereocenters. The molecule has 0 radical (unpaired) electrons. The van der Waals surface area contributed by atoms with Gasteiger partial charge in [-0.1, -0.05) is 54.6 Å². The van der Waals surface area contributed by atoms with Gasteiger partial charge in [0.25, 0.3) is 0 Å². The summed E-state index contributed by atoms with van der Waals surface area (Å²) in [6.07, 6.45) is 1.11. The highest BCUT2D eigenvalue weighted by molar-refractivity contribution is 7.53. The largest absolute Gasteiger partial charge is 0.481 e. The molecule has 146 valence electrons. The number of hydrogen-bond donors (Lipinski definition) is 2. The lowest BCUT2D eigenvalue weighted by Crippen LogP contribution is -2.33. The predicted molar refractivity (Wildman–Crippen MR) is 106 cm³/mol. The summed E-state index contributed by atoms with van der Waals surface area (Å²) in [6, 6.07) is 18.1. The Morgan fingerprint density at radius 2 is 1.63 bits per heavy atom. The van der Waals surface area contributed by atoms with Gasteiger partial charge in [0.05, 0.1) is 6.29 Å². The van der Waals surface area contributed by atoms with Gasteiger partial charge >= 0.3 is 13.6 Å². The lowest BCUT2D eigenvalue weighted by Gasteiger charge is -2.21. The van der Waals surface area contributed by atoms with Crippen LogP contribution in [0.4, 0.5) is 0 Å². The molecule has 0 spiro atoms. The summed E-state index contributed by atoms with van der Waals surface area (Å²) in [4.78, 5) is 10.9. The lowest BCUT2D eigenvalue weighted by molar-refractivity contribution is -0.137. The van der Waals surface area contributed by atoms with Gasteiger partial charge in [0.2, 0.25) is 0 Å². The molecule has 2 N–H and O–H groups in total. The van der Waals surface area contributed by atoms with E-state index in [1.165, 1.54) is 14.2 Å². The van der Waals surface area contributed by atoms with Gasteiger partial charge in [0.1, 0.15) is 0 Å². The first-order valence-corrected chi connectivity index (χ1v) is 10.5. The molecule has 2 rings (SSSR count). The third kappa shape index (κ3) is 6.92. The van der Waals surface area contributed by atoms with E-state index in [1.807, 2.05) is 42.5 Å². The van der Waals surface area contributed by atoms with Crippen molar-refractivity contribution in [2.75, 3.05) is 20.5 Å². The minimum atomic E-state index is -3.19. The number of nitrogens with one attached hydrogen (secondary N) is 1. The Morgan fingerprint density at radius 3 is 2.19 bits per heavy atom. The van der Waals surface area contributed by atoms with Crippen molar-refractivity contribution in [2.24, 2.45) is 0 Å². The number of carbonyl (C=O) groups is 1. The van der Waals surface area contributed by atoms with Crippen LogP contribution in [0, 0.1) is 0 Å². The average Bonchev–Trinajstić information content (AvgIpc) is 2.71.